The smallest absolute Gasteiger partial charge is 0.242 e. The highest BCUT2D eigenvalue weighted by atomic mass is 35.5. The molecule has 0 aliphatic rings. The summed E-state index contributed by atoms with van der Waals surface area (Å²) in [6, 6.07) is 1.71. The van der Waals surface area contributed by atoms with Crippen LogP contribution in [0.2, 0.25) is 5.02 Å². The van der Waals surface area contributed by atoms with Crippen LogP contribution in [0.3, 0.4) is 0 Å². The summed E-state index contributed by atoms with van der Waals surface area (Å²) in [6.45, 7) is 5.08. The van der Waals surface area contributed by atoms with Crippen LogP contribution in [0.25, 0.3) is 0 Å². The average molecular weight is 320 g/mol. The SMILES string of the molecule is Cc1cc(Cl)c(S(=O)(=O)NC(C(N)=O)C(C)C)cc1N. The van der Waals surface area contributed by atoms with Gasteiger partial charge >= 0.3 is 0 Å². The number of nitrogens with two attached hydrogens (primary N) is 2. The number of carbonyl (C=O) groups excluding carboxylic acids is 1. The number of nitrogens with one attached hydrogen (secondary N) is 1. The Balaban J connectivity index is 3.24. The lowest BCUT2D eigenvalue weighted by atomic mass is 10.1. The molecule has 1 atom stereocenters. The van der Waals surface area contributed by atoms with Crippen molar-refractivity contribution in [1.82, 2.24) is 4.72 Å². The predicted molar refractivity (Wildman–Crippen MR) is 78.7 cm³/mol. The molecule has 1 aromatic carbocycles. The van der Waals surface area contributed by atoms with Gasteiger partial charge in [-0.05, 0) is 30.5 Å². The molecule has 20 heavy (non-hydrogen) atoms. The predicted octanol–water partition coefficient (Wildman–Crippen LogP) is 1.02. The third-order valence-electron chi connectivity index (χ3n) is 2.87. The van der Waals surface area contributed by atoms with Gasteiger partial charge in [0.15, 0.2) is 0 Å². The summed E-state index contributed by atoms with van der Waals surface area (Å²) in [5.41, 5.74) is 11.9. The topological polar surface area (TPSA) is 115 Å². The molecular formula is C12H18ClN3O3S. The number of sulfonamides is 1. The average Bonchev–Trinajstić information content (AvgIpc) is 2.30. The van der Waals surface area contributed by atoms with Crippen molar-refractivity contribution in [2.24, 2.45) is 11.7 Å². The fourth-order valence-corrected chi connectivity index (χ4v) is 3.60. The monoisotopic (exact) mass is 319 g/mol. The van der Waals surface area contributed by atoms with Crippen molar-refractivity contribution in [3.8, 4) is 0 Å². The number of hydrogen-bond acceptors (Lipinski definition) is 4. The second-order valence-corrected chi connectivity index (χ2v) is 6.97. The third kappa shape index (κ3) is 3.62. The molecule has 1 aromatic rings. The largest absolute Gasteiger partial charge is 0.398 e. The molecule has 0 heterocycles. The van der Waals surface area contributed by atoms with Gasteiger partial charge in [0.2, 0.25) is 15.9 Å². The number of amides is 1. The van der Waals surface area contributed by atoms with Crippen molar-refractivity contribution >= 4 is 33.2 Å². The zero-order chi connectivity index (χ0) is 15.7. The van der Waals surface area contributed by atoms with Gasteiger partial charge in [-0.2, -0.15) is 4.72 Å². The van der Waals surface area contributed by atoms with Gasteiger partial charge in [-0.15, -0.1) is 0 Å². The molecule has 0 aliphatic carbocycles. The van der Waals surface area contributed by atoms with Crippen LogP contribution in [0.1, 0.15) is 19.4 Å². The maximum absolute atomic E-state index is 12.3. The summed E-state index contributed by atoms with van der Waals surface area (Å²) in [6.07, 6.45) is 0. The van der Waals surface area contributed by atoms with Crippen LogP contribution in [0.15, 0.2) is 17.0 Å². The molecule has 112 valence electrons. The lowest BCUT2D eigenvalue weighted by molar-refractivity contribution is -0.120. The van der Waals surface area contributed by atoms with Gasteiger partial charge in [-0.25, -0.2) is 8.42 Å². The molecule has 1 amide bonds. The van der Waals surface area contributed by atoms with E-state index in [1.165, 1.54) is 12.1 Å². The molecule has 8 heteroatoms. The highest BCUT2D eigenvalue weighted by Crippen LogP contribution is 2.27. The number of aryl methyl sites for hydroxylation is 1. The van der Waals surface area contributed by atoms with Gasteiger partial charge in [0.1, 0.15) is 10.9 Å². The van der Waals surface area contributed by atoms with E-state index in [0.29, 0.717) is 11.3 Å². The first-order valence-corrected chi connectivity index (χ1v) is 7.79. The minimum atomic E-state index is -3.98. The highest BCUT2D eigenvalue weighted by molar-refractivity contribution is 7.89. The first kappa shape index (κ1) is 16.7. The lowest BCUT2D eigenvalue weighted by Crippen LogP contribution is -2.47. The molecule has 0 bridgehead atoms. The van der Waals surface area contributed by atoms with E-state index in [9.17, 15) is 13.2 Å². The Morgan fingerprint density at radius 2 is 1.90 bits per heavy atom. The molecule has 0 spiro atoms. The molecule has 0 fully saturated rings. The Bertz CT molecular complexity index is 629. The normalized spacial score (nSPS) is 13.4. The third-order valence-corrected chi connectivity index (χ3v) is 4.77. The molecule has 5 N–H and O–H groups in total. The fraction of sp³-hybridized carbons (Fsp3) is 0.417. The summed E-state index contributed by atoms with van der Waals surface area (Å²) >= 11 is 5.94. The van der Waals surface area contributed by atoms with Crippen LogP contribution >= 0.6 is 11.6 Å². The molecule has 0 saturated carbocycles. The number of rotatable bonds is 5. The minimum Gasteiger partial charge on any atom is -0.398 e. The van der Waals surface area contributed by atoms with E-state index in [0.717, 1.165) is 0 Å². The molecule has 0 aromatic heterocycles. The van der Waals surface area contributed by atoms with Crippen molar-refractivity contribution in [1.29, 1.82) is 0 Å². The van der Waals surface area contributed by atoms with Crippen LogP contribution in [0.5, 0.6) is 0 Å². The Labute approximate surface area is 123 Å². The van der Waals surface area contributed by atoms with E-state index >= 15 is 0 Å². The number of anilines is 1. The van der Waals surface area contributed by atoms with E-state index < -0.39 is 22.0 Å². The first-order chi connectivity index (χ1) is 9.06. The quantitative estimate of drug-likeness (QED) is 0.702. The van der Waals surface area contributed by atoms with E-state index in [4.69, 9.17) is 23.1 Å². The fourth-order valence-electron chi connectivity index (χ4n) is 1.63. The van der Waals surface area contributed by atoms with Crippen molar-refractivity contribution in [3.63, 3.8) is 0 Å². The van der Waals surface area contributed by atoms with Crippen LogP contribution < -0.4 is 16.2 Å². The zero-order valence-electron chi connectivity index (χ0n) is 11.5. The van der Waals surface area contributed by atoms with Crippen molar-refractivity contribution in [3.05, 3.63) is 22.7 Å². The van der Waals surface area contributed by atoms with Gasteiger partial charge in [-0.1, -0.05) is 25.4 Å². The summed E-state index contributed by atoms with van der Waals surface area (Å²) in [4.78, 5) is 11.1. The second-order valence-electron chi connectivity index (χ2n) is 4.88. The Hall–Kier alpha value is -1.31. The van der Waals surface area contributed by atoms with E-state index in [2.05, 4.69) is 4.72 Å². The van der Waals surface area contributed by atoms with Crippen LogP contribution in [0.4, 0.5) is 5.69 Å². The van der Waals surface area contributed by atoms with E-state index in [1.807, 2.05) is 0 Å². The summed E-state index contributed by atoms with van der Waals surface area (Å²) in [5.74, 6) is -1.04. The van der Waals surface area contributed by atoms with Crippen molar-refractivity contribution < 1.29 is 13.2 Å². The Morgan fingerprint density at radius 1 is 1.35 bits per heavy atom. The first-order valence-electron chi connectivity index (χ1n) is 5.93. The van der Waals surface area contributed by atoms with Crippen molar-refractivity contribution in [2.45, 2.75) is 31.7 Å². The molecule has 6 nitrogen and oxygen atoms in total. The minimum absolute atomic E-state index is 0.0381. The number of primary amides is 1. The van der Waals surface area contributed by atoms with Gasteiger partial charge in [0.05, 0.1) is 5.02 Å². The number of carbonyl (C=O) groups is 1. The number of hydrogen-bond donors (Lipinski definition) is 3. The molecular weight excluding hydrogens is 302 g/mol. The van der Waals surface area contributed by atoms with Gasteiger partial charge in [0, 0.05) is 5.69 Å². The maximum atomic E-state index is 12.3. The van der Waals surface area contributed by atoms with E-state index in [1.54, 1.807) is 20.8 Å². The molecule has 0 saturated heterocycles. The van der Waals surface area contributed by atoms with Gasteiger partial charge in [-0.3, -0.25) is 4.79 Å². The Kier molecular flexibility index (Phi) is 5.01. The molecule has 0 radical (unpaired) electrons. The summed E-state index contributed by atoms with van der Waals surface area (Å²) < 4.78 is 26.8. The van der Waals surface area contributed by atoms with Gasteiger partial charge < -0.3 is 11.5 Å². The van der Waals surface area contributed by atoms with Crippen LogP contribution in [-0.2, 0) is 14.8 Å². The zero-order valence-corrected chi connectivity index (χ0v) is 13.0. The standard InChI is InChI=1S/C12H18ClN3O3S/c1-6(2)11(12(15)17)16-20(18,19)10-5-9(14)7(3)4-8(10)13/h4-6,11,16H,14H2,1-3H3,(H2,15,17). The van der Waals surface area contributed by atoms with Crippen molar-refractivity contribution in [2.75, 3.05) is 5.73 Å². The van der Waals surface area contributed by atoms with E-state index in [-0.39, 0.29) is 15.8 Å². The molecule has 0 aliphatic heterocycles. The Morgan fingerprint density at radius 3 is 2.35 bits per heavy atom. The highest BCUT2D eigenvalue weighted by Gasteiger charge is 2.28. The summed E-state index contributed by atoms with van der Waals surface area (Å²) in [5, 5.41) is 0.0381. The number of halogens is 1. The lowest BCUT2D eigenvalue weighted by Gasteiger charge is -2.19. The summed E-state index contributed by atoms with van der Waals surface area (Å²) in [7, 11) is -3.98. The number of nitrogen functional groups attached to an aromatic ring is 1. The van der Waals surface area contributed by atoms with Crippen LogP contribution in [0, 0.1) is 12.8 Å². The number of benzene rings is 1. The van der Waals surface area contributed by atoms with Gasteiger partial charge in [0.25, 0.3) is 0 Å². The molecule has 1 rings (SSSR count). The molecule has 1 unspecified atom stereocenters. The van der Waals surface area contributed by atoms with Crippen LogP contribution in [-0.4, -0.2) is 20.4 Å². The second kappa shape index (κ2) is 5.99. The maximum Gasteiger partial charge on any atom is 0.242 e.